The monoisotopic (exact) mass is 212 g/mol. The summed E-state index contributed by atoms with van der Waals surface area (Å²) < 4.78 is 10.5. The number of nitrogens with two attached hydrogens (primary N) is 1. The maximum Gasteiger partial charge on any atom is 0.125 e. The summed E-state index contributed by atoms with van der Waals surface area (Å²) in [5, 5.41) is 0. The second-order valence-electron chi connectivity index (χ2n) is 3.87. The van der Waals surface area contributed by atoms with Crippen LogP contribution in [0, 0.1) is 12.8 Å². The van der Waals surface area contributed by atoms with E-state index in [1.165, 1.54) is 0 Å². The van der Waals surface area contributed by atoms with Crippen LogP contribution in [0.1, 0.15) is 30.7 Å². The Morgan fingerprint density at radius 2 is 2.33 bits per heavy atom. The van der Waals surface area contributed by atoms with Gasteiger partial charge in [0.1, 0.15) is 5.76 Å². The summed E-state index contributed by atoms with van der Waals surface area (Å²) in [5.41, 5.74) is 3.93. The van der Waals surface area contributed by atoms with Crippen LogP contribution < -0.4 is 11.3 Å². The van der Waals surface area contributed by atoms with Gasteiger partial charge >= 0.3 is 0 Å². The summed E-state index contributed by atoms with van der Waals surface area (Å²) in [7, 11) is 1.70. The predicted molar refractivity (Wildman–Crippen MR) is 59.2 cm³/mol. The highest BCUT2D eigenvalue weighted by atomic mass is 16.5. The number of nitrogens with one attached hydrogen (secondary N) is 1. The zero-order chi connectivity index (χ0) is 11.3. The molecule has 86 valence electrons. The van der Waals surface area contributed by atoms with Crippen LogP contribution in [-0.2, 0) is 4.74 Å². The molecule has 0 aliphatic carbocycles. The van der Waals surface area contributed by atoms with Crippen molar-refractivity contribution < 1.29 is 9.15 Å². The Bertz CT molecular complexity index is 286. The Morgan fingerprint density at radius 3 is 2.80 bits per heavy atom. The SMILES string of the molecule is COCCC(C)C(NN)c1occc1C. The zero-order valence-corrected chi connectivity index (χ0v) is 9.62. The number of methoxy groups -OCH3 is 1. The molecule has 0 bridgehead atoms. The van der Waals surface area contributed by atoms with Gasteiger partial charge in [0.05, 0.1) is 12.3 Å². The average Bonchev–Trinajstić information content (AvgIpc) is 2.63. The Balaban J connectivity index is 2.67. The van der Waals surface area contributed by atoms with E-state index in [0.717, 1.165) is 24.4 Å². The van der Waals surface area contributed by atoms with Crippen molar-refractivity contribution in [3.05, 3.63) is 23.7 Å². The van der Waals surface area contributed by atoms with Crippen LogP contribution in [-0.4, -0.2) is 13.7 Å². The Kier molecular flexibility index (Phi) is 4.81. The van der Waals surface area contributed by atoms with Crippen LogP contribution in [0.3, 0.4) is 0 Å². The van der Waals surface area contributed by atoms with E-state index in [4.69, 9.17) is 15.0 Å². The lowest BCUT2D eigenvalue weighted by molar-refractivity contribution is 0.166. The number of hydrazine groups is 1. The maximum absolute atomic E-state index is 5.55. The average molecular weight is 212 g/mol. The summed E-state index contributed by atoms with van der Waals surface area (Å²) in [4.78, 5) is 0. The lowest BCUT2D eigenvalue weighted by Gasteiger charge is -2.21. The smallest absolute Gasteiger partial charge is 0.125 e. The second kappa shape index (κ2) is 5.90. The van der Waals surface area contributed by atoms with Gasteiger partial charge in [-0.1, -0.05) is 6.92 Å². The minimum Gasteiger partial charge on any atom is -0.467 e. The molecule has 4 nitrogen and oxygen atoms in total. The molecule has 1 rings (SSSR count). The summed E-state index contributed by atoms with van der Waals surface area (Å²) in [6.45, 7) is 4.89. The van der Waals surface area contributed by atoms with Gasteiger partial charge in [0, 0.05) is 13.7 Å². The van der Waals surface area contributed by atoms with Gasteiger partial charge in [-0.3, -0.25) is 5.84 Å². The summed E-state index contributed by atoms with van der Waals surface area (Å²) >= 11 is 0. The van der Waals surface area contributed by atoms with Crippen molar-refractivity contribution in [2.24, 2.45) is 11.8 Å². The molecule has 0 saturated carbocycles. The number of hydrogen-bond donors (Lipinski definition) is 2. The molecule has 0 aliphatic heterocycles. The molecular weight excluding hydrogens is 192 g/mol. The van der Waals surface area contributed by atoms with E-state index in [1.54, 1.807) is 13.4 Å². The number of hydrogen-bond acceptors (Lipinski definition) is 4. The molecule has 3 N–H and O–H groups in total. The van der Waals surface area contributed by atoms with E-state index in [2.05, 4.69) is 12.3 Å². The van der Waals surface area contributed by atoms with Gasteiger partial charge in [-0.2, -0.15) is 0 Å². The first kappa shape index (κ1) is 12.2. The third-order valence-corrected chi connectivity index (χ3v) is 2.71. The van der Waals surface area contributed by atoms with E-state index < -0.39 is 0 Å². The van der Waals surface area contributed by atoms with Crippen LogP contribution in [0.2, 0.25) is 0 Å². The molecule has 0 saturated heterocycles. The highest BCUT2D eigenvalue weighted by Crippen LogP contribution is 2.26. The summed E-state index contributed by atoms with van der Waals surface area (Å²) in [5.74, 6) is 6.85. The van der Waals surface area contributed by atoms with Gasteiger partial charge in [0.2, 0.25) is 0 Å². The maximum atomic E-state index is 5.55. The van der Waals surface area contributed by atoms with Crippen molar-refractivity contribution in [1.82, 2.24) is 5.43 Å². The van der Waals surface area contributed by atoms with E-state index in [9.17, 15) is 0 Å². The molecule has 4 heteroatoms. The van der Waals surface area contributed by atoms with Crippen molar-refractivity contribution in [2.75, 3.05) is 13.7 Å². The lowest BCUT2D eigenvalue weighted by Crippen LogP contribution is -2.33. The third-order valence-electron chi connectivity index (χ3n) is 2.71. The molecular formula is C11H20N2O2. The summed E-state index contributed by atoms with van der Waals surface area (Å²) in [6, 6.07) is 2.00. The first-order valence-electron chi connectivity index (χ1n) is 5.19. The van der Waals surface area contributed by atoms with Gasteiger partial charge in [0.15, 0.2) is 0 Å². The molecule has 0 radical (unpaired) electrons. The fourth-order valence-electron chi connectivity index (χ4n) is 1.67. The molecule has 0 amide bonds. The topological polar surface area (TPSA) is 60.4 Å². The quantitative estimate of drug-likeness (QED) is 0.557. The van der Waals surface area contributed by atoms with E-state index in [0.29, 0.717) is 5.92 Å². The normalized spacial score (nSPS) is 15.2. The molecule has 2 atom stereocenters. The second-order valence-corrected chi connectivity index (χ2v) is 3.87. The Labute approximate surface area is 90.8 Å². The standard InChI is InChI=1S/C11H20N2O2/c1-8(4-6-14-3)10(13-12)11-9(2)5-7-15-11/h5,7-8,10,13H,4,6,12H2,1-3H3. The van der Waals surface area contributed by atoms with Crippen molar-refractivity contribution >= 4 is 0 Å². The number of rotatable bonds is 6. The van der Waals surface area contributed by atoms with E-state index in [-0.39, 0.29) is 6.04 Å². The van der Waals surface area contributed by atoms with Crippen LogP contribution in [0.5, 0.6) is 0 Å². The van der Waals surface area contributed by atoms with Gasteiger partial charge in [0.25, 0.3) is 0 Å². The Morgan fingerprint density at radius 1 is 1.60 bits per heavy atom. The molecule has 1 aromatic rings. The van der Waals surface area contributed by atoms with E-state index in [1.807, 2.05) is 13.0 Å². The Hall–Kier alpha value is -0.840. The highest BCUT2D eigenvalue weighted by molar-refractivity contribution is 5.18. The highest BCUT2D eigenvalue weighted by Gasteiger charge is 2.22. The van der Waals surface area contributed by atoms with Crippen LogP contribution in [0.15, 0.2) is 16.7 Å². The molecule has 2 unspecified atom stereocenters. The summed E-state index contributed by atoms with van der Waals surface area (Å²) in [6.07, 6.45) is 2.64. The van der Waals surface area contributed by atoms with Crippen molar-refractivity contribution in [3.63, 3.8) is 0 Å². The predicted octanol–water partition coefficient (Wildman–Crippen LogP) is 1.77. The molecule has 0 fully saturated rings. The number of ether oxygens (including phenoxy) is 1. The molecule has 15 heavy (non-hydrogen) atoms. The van der Waals surface area contributed by atoms with Crippen molar-refractivity contribution in [2.45, 2.75) is 26.3 Å². The molecule has 0 aliphatic rings. The minimum atomic E-state index is 0.0511. The van der Waals surface area contributed by atoms with Gasteiger partial charge in [-0.15, -0.1) is 0 Å². The van der Waals surface area contributed by atoms with E-state index >= 15 is 0 Å². The lowest BCUT2D eigenvalue weighted by atomic mass is 9.95. The molecule has 0 spiro atoms. The number of aryl methyl sites for hydroxylation is 1. The van der Waals surface area contributed by atoms with Crippen LogP contribution in [0.4, 0.5) is 0 Å². The zero-order valence-electron chi connectivity index (χ0n) is 9.62. The molecule has 1 heterocycles. The molecule has 1 aromatic heterocycles. The first-order valence-corrected chi connectivity index (χ1v) is 5.19. The third kappa shape index (κ3) is 3.06. The number of furan rings is 1. The van der Waals surface area contributed by atoms with Gasteiger partial charge in [-0.05, 0) is 30.9 Å². The largest absolute Gasteiger partial charge is 0.467 e. The van der Waals surface area contributed by atoms with Crippen molar-refractivity contribution in [3.8, 4) is 0 Å². The first-order chi connectivity index (χ1) is 7.20. The van der Waals surface area contributed by atoms with Gasteiger partial charge in [-0.25, -0.2) is 5.43 Å². The van der Waals surface area contributed by atoms with Gasteiger partial charge < -0.3 is 9.15 Å². The van der Waals surface area contributed by atoms with Crippen LogP contribution >= 0.6 is 0 Å². The minimum absolute atomic E-state index is 0.0511. The fourth-order valence-corrected chi connectivity index (χ4v) is 1.67. The van der Waals surface area contributed by atoms with Crippen LogP contribution in [0.25, 0.3) is 0 Å². The molecule has 0 aromatic carbocycles. The van der Waals surface area contributed by atoms with Crippen molar-refractivity contribution in [1.29, 1.82) is 0 Å². The fraction of sp³-hybridized carbons (Fsp3) is 0.636.